The number of aliphatic hydroxyl groups is 3. The molecule has 0 aromatic heterocycles. The Labute approximate surface area is 239 Å². The largest absolute Gasteiger partial charge is 0.507 e. The summed E-state index contributed by atoms with van der Waals surface area (Å²) in [6.07, 6.45) is -5.39. The van der Waals surface area contributed by atoms with Gasteiger partial charge in [0.15, 0.2) is 17.9 Å². The fraction of sp³-hybridized carbons (Fsp3) is 0.483. The molecule has 42 heavy (non-hydrogen) atoms. The van der Waals surface area contributed by atoms with Gasteiger partial charge in [-0.1, -0.05) is 12.1 Å². The Balaban J connectivity index is 1.64. The summed E-state index contributed by atoms with van der Waals surface area (Å²) in [5.74, 6) is -3.90. The highest BCUT2D eigenvalue weighted by Gasteiger charge is 2.50. The van der Waals surface area contributed by atoms with Crippen LogP contribution in [0.15, 0.2) is 18.2 Å². The number of fused-ring (bicyclic) bond motifs is 3. The number of ether oxygens (including phenoxy) is 3. The van der Waals surface area contributed by atoms with E-state index in [0.717, 1.165) is 0 Å². The predicted molar refractivity (Wildman–Crippen MR) is 142 cm³/mol. The highest BCUT2D eigenvalue weighted by atomic mass is 19.1. The summed E-state index contributed by atoms with van der Waals surface area (Å²) < 4.78 is 30.0. The van der Waals surface area contributed by atoms with Crippen molar-refractivity contribution in [2.75, 3.05) is 26.9 Å². The molecule has 4 unspecified atom stereocenters. The topological polar surface area (TPSA) is 192 Å². The zero-order valence-corrected chi connectivity index (χ0v) is 22.9. The molecule has 0 radical (unpaired) electrons. The van der Waals surface area contributed by atoms with E-state index < -0.39 is 102 Å². The number of carbonyl (C=O) groups excluding carboxylic acids is 3. The van der Waals surface area contributed by atoms with Gasteiger partial charge in [0, 0.05) is 48.5 Å². The molecule has 2 aromatic rings. The highest BCUT2D eigenvalue weighted by molar-refractivity contribution is 6.31. The molecule has 2 aliphatic carbocycles. The van der Waals surface area contributed by atoms with Crippen LogP contribution in [0.25, 0.3) is 0 Å². The van der Waals surface area contributed by atoms with Crippen LogP contribution in [0.5, 0.6) is 17.2 Å². The summed E-state index contributed by atoms with van der Waals surface area (Å²) >= 11 is 0. The van der Waals surface area contributed by atoms with Crippen LogP contribution in [0.1, 0.15) is 68.8 Å². The molecule has 6 atom stereocenters. The van der Waals surface area contributed by atoms with E-state index in [-0.39, 0.29) is 41.0 Å². The molecule has 3 aliphatic rings. The number of methoxy groups -OCH3 is 1. The van der Waals surface area contributed by atoms with E-state index in [4.69, 9.17) is 14.2 Å². The van der Waals surface area contributed by atoms with Gasteiger partial charge in [0.2, 0.25) is 5.78 Å². The molecule has 0 spiro atoms. The SMILES string of the molecule is COc1cccc2c1C(=O)c1c(O)c3c(c(O)c1C2=O)C[C@@](O)(C(=O)CO)C[C@@H]3OC1CC(NCCF)C(O)C(C)O1. The van der Waals surface area contributed by atoms with Crippen LogP contribution in [0.3, 0.4) is 0 Å². The Morgan fingerprint density at radius 1 is 1.17 bits per heavy atom. The highest BCUT2D eigenvalue weighted by Crippen LogP contribution is 2.52. The van der Waals surface area contributed by atoms with Crippen molar-refractivity contribution < 1.29 is 58.5 Å². The molecule has 1 saturated heterocycles. The monoisotopic (exact) mass is 589 g/mol. The summed E-state index contributed by atoms with van der Waals surface area (Å²) in [5.41, 5.74) is -3.80. The Morgan fingerprint density at radius 3 is 2.55 bits per heavy atom. The number of aliphatic hydroxyl groups excluding tert-OH is 2. The zero-order chi connectivity index (χ0) is 30.5. The number of Topliss-reactive ketones (excluding diaryl/α,β-unsaturated/α-hetero) is 1. The van der Waals surface area contributed by atoms with Crippen molar-refractivity contribution in [1.29, 1.82) is 0 Å². The fourth-order valence-corrected chi connectivity index (χ4v) is 6.16. The lowest BCUT2D eigenvalue weighted by Crippen LogP contribution is -2.55. The number of halogens is 1. The molecule has 1 heterocycles. The summed E-state index contributed by atoms with van der Waals surface area (Å²) in [6, 6.07) is 3.69. The molecule has 13 heteroatoms. The first kappa shape index (κ1) is 30.0. The zero-order valence-electron chi connectivity index (χ0n) is 22.9. The van der Waals surface area contributed by atoms with Crippen molar-refractivity contribution in [2.24, 2.45) is 0 Å². The van der Waals surface area contributed by atoms with Gasteiger partial charge in [-0.2, -0.15) is 0 Å². The number of ketones is 3. The summed E-state index contributed by atoms with van der Waals surface area (Å²) in [5, 5.41) is 57.2. The third-order valence-corrected chi connectivity index (χ3v) is 8.26. The van der Waals surface area contributed by atoms with Crippen LogP contribution in [-0.2, 0) is 20.7 Å². The third kappa shape index (κ3) is 4.75. The molecular weight excluding hydrogens is 557 g/mol. The van der Waals surface area contributed by atoms with Gasteiger partial charge in [-0.15, -0.1) is 0 Å². The summed E-state index contributed by atoms with van der Waals surface area (Å²) in [7, 11) is 1.31. The predicted octanol–water partition coefficient (Wildman–Crippen LogP) is 0.602. The van der Waals surface area contributed by atoms with Crippen LogP contribution in [0, 0.1) is 0 Å². The van der Waals surface area contributed by atoms with Crippen LogP contribution in [0.4, 0.5) is 4.39 Å². The summed E-state index contributed by atoms with van der Waals surface area (Å²) in [4.78, 5) is 40.0. The number of phenolic OH excluding ortho intramolecular Hbond substituents is 2. The summed E-state index contributed by atoms with van der Waals surface area (Å²) in [6.45, 7) is -0.200. The Bertz CT molecular complexity index is 1450. The maximum atomic E-state index is 13.7. The minimum atomic E-state index is -2.28. The quantitative estimate of drug-likeness (QED) is 0.201. The van der Waals surface area contributed by atoms with Gasteiger partial charge in [0.05, 0.1) is 42.1 Å². The fourth-order valence-electron chi connectivity index (χ4n) is 6.16. The van der Waals surface area contributed by atoms with Gasteiger partial charge in [-0.3, -0.25) is 14.4 Å². The van der Waals surface area contributed by atoms with Gasteiger partial charge in [-0.05, 0) is 13.0 Å². The van der Waals surface area contributed by atoms with E-state index >= 15 is 0 Å². The van der Waals surface area contributed by atoms with Crippen molar-refractivity contribution in [1.82, 2.24) is 5.32 Å². The lowest BCUT2D eigenvalue weighted by molar-refractivity contribution is -0.249. The molecular formula is C29H32FNO11. The number of alkyl halides is 1. The van der Waals surface area contributed by atoms with E-state index in [1.165, 1.54) is 25.3 Å². The first-order chi connectivity index (χ1) is 20.0. The Kier molecular flexibility index (Phi) is 8.09. The van der Waals surface area contributed by atoms with Crippen LogP contribution < -0.4 is 10.1 Å². The second-order valence-corrected chi connectivity index (χ2v) is 10.7. The van der Waals surface area contributed by atoms with E-state index in [1.54, 1.807) is 6.92 Å². The van der Waals surface area contributed by atoms with Crippen LogP contribution >= 0.6 is 0 Å². The first-order valence-electron chi connectivity index (χ1n) is 13.5. The molecule has 1 aliphatic heterocycles. The van der Waals surface area contributed by atoms with Crippen molar-refractivity contribution in [3.8, 4) is 17.2 Å². The maximum absolute atomic E-state index is 13.7. The molecule has 0 amide bonds. The van der Waals surface area contributed by atoms with Gasteiger partial charge < -0.3 is 45.1 Å². The molecule has 1 fully saturated rings. The minimum Gasteiger partial charge on any atom is -0.507 e. The van der Waals surface area contributed by atoms with Gasteiger partial charge in [0.1, 0.15) is 36.1 Å². The number of nitrogens with one attached hydrogen (secondary N) is 1. The van der Waals surface area contributed by atoms with Gasteiger partial charge >= 0.3 is 0 Å². The van der Waals surface area contributed by atoms with Crippen molar-refractivity contribution >= 4 is 17.3 Å². The first-order valence-corrected chi connectivity index (χ1v) is 13.5. The molecule has 6 N–H and O–H groups in total. The number of benzene rings is 2. The molecule has 0 bridgehead atoms. The lowest BCUT2D eigenvalue weighted by atomic mass is 9.72. The molecule has 12 nitrogen and oxygen atoms in total. The smallest absolute Gasteiger partial charge is 0.202 e. The number of phenols is 2. The number of rotatable bonds is 8. The van der Waals surface area contributed by atoms with E-state index in [1.807, 2.05) is 0 Å². The second-order valence-electron chi connectivity index (χ2n) is 10.7. The minimum absolute atomic E-state index is 0.00336. The van der Waals surface area contributed by atoms with Crippen LogP contribution in [-0.4, -0.2) is 100.0 Å². The Hall–Kier alpha value is -3.46. The third-order valence-electron chi connectivity index (χ3n) is 8.26. The number of hydrogen-bond acceptors (Lipinski definition) is 12. The Morgan fingerprint density at radius 2 is 1.88 bits per heavy atom. The molecule has 226 valence electrons. The van der Waals surface area contributed by atoms with E-state index in [0.29, 0.717) is 0 Å². The van der Waals surface area contributed by atoms with Crippen molar-refractivity contribution in [2.45, 2.75) is 62.4 Å². The van der Waals surface area contributed by atoms with E-state index in [9.17, 15) is 44.3 Å². The average Bonchev–Trinajstić information content (AvgIpc) is 2.97. The number of carbonyl (C=O) groups is 3. The number of hydrogen-bond donors (Lipinski definition) is 6. The second kappa shape index (κ2) is 11.3. The van der Waals surface area contributed by atoms with Crippen molar-refractivity contribution in [3.05, 3.63) is 51.6 Å². The van der Waals surface area contributed by atoms with Gasteiger partial charge in [-0.25, -0.2) is 4.39 Å². The van der Waals surface area contributed by atoms with Crippen molar-refractivity contribution in [3.63, 3.8) is 0 Å². The normalized spacial score (nSPS) is 28.6. The molecule has 2 aromatic carbocycles. The number of aromatic hydroxyl groups is 2. The van der Waals surface area contributed by atoms with Gasteiger partial charge in [0.25, 0.3) is 0 Å². The maximum Gasteiger partial charge on any atom is 0.202 e. The molecule has 0 saturated carbocycles. The lowest BCUT2D eigenvalue weighted by Gasteiger charge is -2.43. The average molecular weight is 590 g/mol. The van der Waals surface area contributed by atoms with E-state index in [2.05, 4.69) is 5.32 Å². The standard InChI is InChI=1S/C29H32FNO11/c1-12-24(34)15(31-7-6-30)8-19(41-12)42-17-10-29(39,18(33)11-32)9-14-21(17)28(38)23-22(26(14)36)25(35)13-4-3-5-16(40-2)20(13)27(23)37/h3-5,12,15,17,19,24,31-32,34,36,38-39H,6-11H2,1-2H3/t12?,15?,17-,19?,24?,29-/m0/s1. The molecule has 5 rings (SSSR count). The van der Waals surface area contributed by atoms with Crippen LogP contribution in [0.2, 0.25) is 0 Å².